The van der Waals surface area contributed by atoms with Crippen molar-refractivity contribution in [3.05, 3.63) is 23.5 Å². The molecule has 58 heavy (non-hydrogen) atoms. The summed E-state index contributed by atoms with van der Waals surface area (Å²) in [5.41, 5.74) is 2.20. The van der Waals surface area contributed by atoms with Crippen LogP contribution in [0.4, 0.5) is 0 Å². The van der Waals surface area contributed by atoms with E-state index < -0.39 is 0 Å². The van der Waals surface area contributed by atoms with Gasteiger partial charge >= 0.3 is 0 Å². The molecule has 0 aromatic carbocycles. The lowest BCUT2D eigenvalue weighted by Crippen LogP contribution is -2.38. The lowest BCUT2D eigenvalue weighted by atomic mass is 9.93. The number of carbonyl (C=O) groups excluding carboxylic acids is 3. The third-order valence-electron chi connectivity index (χ3n) is 10.9. The van der Waals surface area contributed by atoms with Crippen LogP contribution in [0, 0.1) is 5.92 Å². The number of allylic oxidation sites excluding steroid dienone is 2. The molecular weight excluding hydrogens is 723 g/mol. The zero-order valence-corrected chi connectivity index (χ0v) is 39.5. The Morgan fingerprint density at radius 3 is 1.47 bits per heavy atom. The predicted molar refractivity (Wildman–Crippen MR) is 249 cm³/mol. The average Bonchev–Trinajstić information content (AvgIpc) is 4.13. The Balaban J connectivity index is 0. The number of carbonyl (C=O) groups is 3. The molecular formula is C50H97N3O5. The van der Waals surface area contributed by atoms with Crippen molar-refractivity contribution in [1.82, 2.24) is 15.5 Å². The van der Waals surface area contributed by atoms with Gasteiger partial charge < -0.3 is 25.0 Å². The van der Waals surface area contributed by atoms with Gasteiger partial charge in [0.2, 0.25) is 5.78 Å². The lowest BCUT2D eigenvalue weighted by Gasteiger charge is -2.26. The standard InChI is InChI=1S/C25H47N3O.C12H24O2.C10H20O2.C3H6/c1-5-7-9-11-13-15-19-28(20-16-14-12-10-8-6-2)21-17-18-27-24-23(26-4)22(3)25(24)29;1-3-5-7-12(8-6-4-2)9-10-14-11-13;1-3-5-7-10(12-9-11)8-6-4-2;1-2-3-1/h26-27H,3,5-21H2,1-2,4H3;11-12H,3-10H2,1-2H3;9-10H,3-8H2,1-2H3;1-3H2. The smallest absolute Gasteiger partial charge is 0.293 e. The van der Waals surface area contributed by atoms with Crippen LogP contribution in [-0.4, -0.2) is 69.6 Å². The summed E-state index contributed by atoms with van der Waals surface area (Å²) < 4.78 is 9.71. The first-order valence-corrected chi connectivity index (χ1v) is 24.6. The Bertz CT molecular complexity index is 934. The summed E-state index contributed by atoms with van der Waals surface area (Å²) in [5, 5.41) is 6.38. The highest BCUT2D eigenvalue weighted by Crippen LogP contribution is 2.24. The monoisotopic (exact) mass is 820 g/mol. The highest BCUT2D eigenvalue weighted by Gasteiger charge is 2.30. The number of Topliss-reactive ketones (excluding diaryl/α,β-unsaturated/α-hetero) is 1. The molecule has 0 atom stereocenters. The molecule has 2 aliphatic rings. The van der Waals surface area contributed by atoms with Crippen LogP contribution in [0.25, 0.3) is 0 Å². The summed E-state index contributed by atoms with van der Waals surface area (Å²) in [6.45, 7) is 23.2. The normalized spacial score (nSPS) is 12.9. The number of nitrogens with zero attached hydrogens (tertiary/aromatic N) is 1. The highest BCUT2D eigenvalue weighted by atomic mass is 16.5. The second-order valence-electron chi connectivity index (χ2n) is 16.6. The molecule has 2 rings (SSSR count). The van der Waals surface area contributed by atoms with Crippen molar-refractivity contribution in [2.75, 3.05) is 39.8 Å². The molecule has 0 aromatic rings. The second kappa shape index (κ2) is 45.7. The number of hydrogen-bond acceptors (Lipinski definition) is 8. The van der Waals surface area contributed by atoms with E-state index in [9.17, 15) is 14.4 Å². The number of ketones is 1. The van der Waals surface area contributed by atoms with Gasteiger partial charge in [-0.1, -0.05) is 196 Å². The van der Waals surface area contributed by atoms with Crippen LogP contribution in [0.3, 0.4) is 0 Å². The van der Waals surface area contributed by atoms with Crippen molar-refractivity contribution in [2.45, 2.75) is 234 Å². The summed E-state index contributed by atoms with van der Waals surface area (Å²) in [4.78, 5) is 34.6. The quantitative estimate of drug-likeness (QED) is 0.0361. The van der Waals surface area contributed by atoms with Crippen molar-refractivity contribution in [3.63, 3.8) is 0 Å². The van der Waals surface area contributed by atoms with E-state index in [1.54, 1.807) is 0 Å². The van der Waals surface area contributed by atoms with Crippen LogP contribution in [0.5, 0.6) is 0 Å². The molecule has 1 saturated carbocycles. The van der Waals surface area contributed by atoms with E-state index in [4.69, 9.17) is 9.47 Å². The number of ether oxygens (including phenoxy) is 2. The van der Waals surface area contributed by atoms with E-state index in [0.717, 1.165) is 68.9 Å². The molecule has 0 aliphatic heterocycles. The van der Waals surface area contributed by atoms with Crippen LogP contribution in [0.15, 0.2) is 23.5 Å². The van der Waals surface area contributed by atoms with E-state index >= 15 is 0 Å². The molecule has 0 radical (unpaired) electrons. The second-order valence-corrected chi connectivity index (χ2v) is 16.6. The van der Waals surface area contributed by atoms with Crippen LogP contribution >= 0.6 is 0 Å². The van der Waals surface area contributed by atoms with E-state index in [1.165, 1.54) is 161 Å². The first-order chi connectivity index (χ1) is 28.3. The first-order valence-electron chi connectivity index (χ1n) is 24.6. The zero-order valence-electron chi connectivity index (χ0n) is 39.5. The maximum atomic E-state index is 11.9. The van der Waals surface area contributed by atoms with E-state index in [0.29, 0.717) is 25.1 Å². The summed E-state index contributed by atoms with van der Waals surface area (Å²) in [7, 11) is 1.84. The third-order valence-corrected chi connectivity index (χ3v) is 10.9. The van der Waals surface area contributed by atoms with Gasteiger partial charge in [-0.2, -0.15) is 0 Å². The van der Waals surface area contributed by atoms with Crippen molar-refractivity contribution in [2.24, 2.45) is 5.92 Å². The lowest BCUT2D eigenvalue weighted by molar-refractivity contribution is -0.134. The van der Waals surface area contributed by atoms with Crippen molar-refractivity contribution < 1.29 is 23.9 Å². The van der Waals surface area contributed by atoms with Gasteiger partial charge in [-0.15, -0.1) is 0 Å². The molecule has 1 fully saturated rings. The Morgan fingerprint density at radius 1 is 0.586 bits per heavy atom. The van der Waals surface area contributed by atoms with E-state index in [1.807, 2.05) is 7.05 Å². The third kappa shape index (κ3) is 36.7. The Hall–Kier alpha value is -2.35. The van der Waals surface area contributed by atoms with Crippen LogP contribution in [0.2, 0.25) is 0 Å². The van der Waals surface area contributed by atoms with Crippen molar-refractivity contribution in [1.29, 1.82) is 0 Å². The van der Waals surface area contributed by atoms with Gasteiger partial charge in [0, 0.05) is 19.2 Å². The van der Waals surface area contributed by atoms with Gasteiger partial charge in [0.15, 0.2) is 0 Å². The molecule has 8 nitrogen and oxygen atoms in total. The molecule has 0 unspecified atom stereocenters. The highest BCUT2D eigenvalue weighted by molar-refractivity contribution is 6.18. The van der Waals surface area contributed by atoms with Crippen LogP contribution in [-0.2, 0) is 23.9 Å². The van der Waals surface area contributed by atoms with Crippen molar-refractivity contribution >= 4 is 18.7 Å². The van der Waals surface area contributed by atoms with Gasteiger partial charge in [0.1, 0.15) is 11.8 Å². The molecule has 2 aliphatic carbocycles. The minimum Gasteiger partial charge on any atom is -0.468 e. The first kappa shape index (κ1) is 57.7. The van der Waals surface area contributed by atoms with Gasteiger partial charge in [-0.25, -0.2) is 0 Å². The number of likely N-dealkylation sites (N-methyl/N-ethyl adjacent to an activating group) is 1. The maximum absolute atomic E-state index is 11.9. The number of rotatable bonds is 38. The summed E-state index contributed by atoms with van der Waals surface area (Å²) >= 11 is 0. The average molecular weight is 820 g/mol. The molecule has 0 spiro atoms. The Kier molecular flexibility index (Phi) is 45.5. The fourth-order valence-corrected chi connectivity index (χ4v) is 6.92. The fraction of sp³-hybridized carbons (Fsp3) is 0.860. The maximum Gasteiger partial charge on any atom is 0.293 e. The van der Waals surface area contributed by atoms with Crippen LogP contribution < -0.4 is 10.6 Å². The largest absolute Gasteiger partial charge is 0.468 e. The minimum absolute atomic E-state index is 0.0605. The molecule has 0 bridgehead atoms. The molecule has 0 saturated heterocycles. The van der Waals surface area contributed by atoms with Gasteiger partial charge in [-0.05, 0) is 64.1 Å². The van der Waals surface area contributed by atoms with Gasteiger partial charge in [0.05, 0.1) is 12.3 Å². The topological polar surface area (TPSA) is 97.0 Å². The summed E-state index contributed by atoms with van der Waals surface area (Å²) in [5.74, 6) is 0.820. The molecule has 0 aromatic heterocycles. The van der Waals surface area contributed by atoms with E-state index in [2.05, 4.69) is 63.7 Å². The Labute approximate surface area is 360 Å². The number of unbranched alkanes of at least 4 members (excludes halogenated alkanes) is 14. The zero-order chi connectivity index (χ0) is 43.3. The molecule has 2 N–H and O–H groups in total. The summed E-state index contributed by atoms with van der Waals surface area (Å²) in [6, 6.07) is 0. The van der Waals surface area contributed by atoms with Crippen LogP contribution in [0.1, 0.15) is 228 Å². The SMILES string of the molecule is C1CC1.C=C1C(=O)C(NCCCN(CCCCCCCC)CCCCCCCC)=C1NC.CCCCC(CCCC)CCOC=O.CCCCC(CCCC)OC=O. The molecule has 0 amide bonds. The Morgan fingerprint density at radius 2 is 1.03 bits per heavy atom. The molecule has 342 valence electrons. The number of hydrogen-bond donors (Lipinski definition) is 2. The predicted octanol–water partition coefficient (Wildman–Crippen LogP) is 13.2. The van der Waals surface area contributed by atoms with Gasteiger partial charge in [-0.3, -0.25) is 14.4 Å². The van der Waals surface area contributed by atoms with Crippen molar-refractivity contribution in [3.8, 4) is 0 Å². The number of nitrogens with one attached hydrogen (secondary N) is 2. The van der Waals surface area contributed by atoms with Gasteiger partial charge in [0.25, 0.3) is 12.9 Å². The summed E-state index contributed by atoms with van der Waals surface area (Å²) in [6.07, 6.45) is 37.5. The van der Waals surface area contributed by atoms with E-state index in [-0.39, 0.29) is 11.9 Å². The minimum atomic E-state index is 0.0605. The molecule has 0 heterocycles. The fourth-order valence-electron chi connectivity index (χ4n) is 6.92. The molecule has 8 heteroatoms.